The summed E-state index contributed by atoms with van der Waals surface area (Å²) in [5, 5.41) is 7.16. The third-order valence-electron chi connectivity index (χ3n) is 5.38. The molecule has 5 nitrogen and oxygen atoms in total. The summed E-state index contributed by atoms with van der Waals surface area (Å²) in [6, 6.07) is 18.1. The topological polar surface area (TPSA) is 53.6 Å². The SMILES string of the molecule is C[C@H](NCC(=O)N[C@@H](C)[C@@H](c1ccccc1)N1CCOCC1)c1ccccc1Cl. The van der Waals surface area contributed by atoms with Crippen LogP contribution in [0.3, 0.4) is 0 Å². The molecule has 0 aliphatic carbocycles. The minimum atomic E-state index is -0.0274. The van der Waals surface area contributed by atoms with Crippen LogP contribution < -0.4 is 10.6 Å². The molecule has 0 spiro atoms. The minimum absolute atomic E-state index is 0.00563. The number of hydrogen-bond acceptors (Lipinski definition) is 4. The molecule has 156 valence electrons. The summed E-state index contributed by atoms with van der Waals surface area (Å²) < 4.78 is 5.51. The van der Waals surface area contributed by atoms with Gasteiger partial charge in [0.05, 0.1) is 25.8 Å². The van der Waals surface area contributed by atoms with Crippen LogP contribution in [0.2, 0.25) is 5.02 Å². The number of ether oxygens (including phenoxy) is 1. The van der Waals surface area contributed by atoms with Gasteiger partial charge in [-0.25, -0.2) is 0 Å². The number of halogens is 1. The van der Waals surface area contributed by atoms with Crippen molar-refractivity contribution in [2.45, 2.75) is 32.0 Å². The number of hydrogen-bond donors (Lipinski definition) is 2. The van der Waals surface area contributed by atoms with E-state index in [-0.39, 0.29) is 30.6 Å². The number of nitrogens with zero attached hydrogens (tertiary/aromatic N) is 1. The molecule has 1 heterocycles. The first kappa shape index (κ1) is 21.8. The molecule has 6 heteroatoms. The summed E-state index contributed by atoms with van der Waals surface area (Å²) in [6.07, 6.45) is 0. The smallest absolute Gasteiger partial charge is 0.234 e. The lowest BCUT2D eigenvalue weighted by Crippen LogP contribution is -2.49. The van der Waals surface area contributed by atoms with Gasteiger partial charge in [0.25, 0.3) is 0 Å². The van der Waals surface area contributed by atoms with Gasteiger partial charge in [-0.3, -0.25) is 9.69 Å². The van der Waals surface area contributed by atoms with E-state index in [4.69, 9.17) is 16.3 Å². The predicted octanol–water partition coefficient (Wildman–Crippen LogP) is 3.57. The molecule has 0 aromatic heterocycles. The molecule has 1 aliphatic heterocycles. The minimum Gasteiger partial charge on any atom is -0.379 e. The Morgan fingerprint density at radius 3 is 2.41 bits per heavy atom. The highest BCUT2D eigenvalue weighted by Gasteiger charge is 2.28. The van der Waals surface area contributed by atoms with Crippen molar-refractivity contribution in [3.8, 4) is 0 Å². The van der Waals surface area contributed by atoms with E-state index in [1.54, 1.807) is 0 Å². The third-order valence-corrected chi connectivity index (χ3v) is 5.73. The zero-order valence-corrected chi connectivity index (χ0v) is 17.9. The Labute approximate surface area is 178 Å². The maximum absolute atomic E-state index is 12.6. The van der Waals surface area contributed by atoms with Crippen molar-refractivity contribution in [1.82, 2.24) is 15.5 Å². The molecule has 0 bridgehead atoms. The molecule has 2 aromatic carbocycles. The van der Waals surface area contributed by atoms with Gasteiger partial charge in [-0.1, -0.05) is 60.1 Å². The number of carbonyl (C=O) groups is 1. The van der Waals surface area contributed by atoms with Crippen molar-refractivity contribution >= 4 is 17.5 Å². The van der Waals surface area contributed by atoms with Crippen LogP contribution in [0.25, 0.3) is 0 Å². The van der Waals surface area contributed by atoms with Crippen LogP contribution >= 0.6 is 11.6 Å². The summed E-state index contributed by atoms with van der Waals surface area (Å²) in [7, 11) is 0. The van der Waals surface area contributed by atoms with Crippen molar-refractivity contribution in [2.24, 2.45) is 0 Å². The Bertz CT molecular complexity index is 781. The summed E-state index contributed by atoms with van der Waals surface area (Å²) in [6.45, 7) is 7.49. The van der Waals surface area contributed by atoms with E-state index in [0.717, 1.165) is 31.9 Å². The Morgan fingerprint density at radius 2 is 1.72 bits per heavy atom. The zero-order valence-electron chi connectivity index (χ0n) is 17.1. The Kier molecular flexibility index (Phi) is 8.07. The fourth-order valence-electron chi connectivity index (χ4n) is 3.89. The van der Waals surface area contributed by atoms with E-state index in [9.17, 15) is 4.79 Å². The van der Waals surface area contributed by atoms with Gasteiger partial charge < -0.3 is 15.4 Å². The van der Waals surface area contributed by atoms with Gasteiger partial charge in [0.2, 0.25) is 5.91 Å². The Morgan fingerprint density at radius 1 is 1.07 bits per heavy atom. The molecule has 3 atom stereocenters. The standard InChI is InChI=1S/C23H30ClN3O2/c1-17(20-10-6-7-11-21(20)24)25-16-22(28)26-18(2)23(19-8-4-3-5-9-19)27-12-14-29-15-13-27/h3-11,17-18,23,25H,12-16H2,1-2H3,(H,26,28)/t17-,18-,23-/m0/s1. The molecule has 1 aliphatic rings. The van der Waals surface area contributed by atoms with E-state index >= 15 is 0 Å². The van der Waals surface area contributed by atoms with Crippen LogP contribution in [0, 0.1) is 0 Å². The molecule has 3 rings (SSSR count). The highest BCUT2D eigenvalue weighted by molar-refractivity contribution is 6.31. The third kappa shape index (κ3) is 6.03. The van der Waals surface area contributed by atoms with Gasteiger partial charge in [0.15, 0.2) is 0 Å². The molecular formula is C23H30ClN3O2. The van der Waals surface area contributed by atoms with Crippen molar-refractivity contribution in [2.75, 3.05) is 32.8 Å². The maximum Gasteiger partial charge on any atom is 0.234 e. The maximum atomic E-state index is 12.6. The number of morpholine rings is 1. The lowest BCUT2D eigenvalue weighted by Gasteiger charge is -2.38. The number of carbonyl (C=O) groups excluding carboxylic acids is 1. The van der Waals surface area contributed by atoms with E-state index in [0.29, 0.717) is 5.02 Å². The number of rotatable bonds is 8. The van der Waals surface area contributed by atoms with Gasteiger partial charge in [0, 0.05) is 30.2 Å². The molecule has 0 radical (unpaired) electrons. The van der Waals surface area contributed by atoms with E-state index in [1.807, 2.05) is 49.4 Å². The van der Waals surface area contributed by atoms with Crippen LogP contribution in [0.1, 0.15) is 37.1 Å². The summed E-state index contributed by atoms with van der Waals surface area (Å²) >= 11 is 6.26. The van der Waals surface area contributed by atoms with Gasteiger partial charge >= 0.3 is 0 Å². The molecule has 2 aromatic rings. The second-order valence-electron chi connectivity index (χ2n) is 7.48. The van der Waals surface area contributed by atoms with E-state index in [2.05, 4.69) is 34.6 Å². The second-order valence-corrected chi connectivity index (χ2v) is 7.89. The number of amides is 1. The lowest BCUT2D eigenvalue weighted by molar-refractivity contribution is -0.121. The largest absolute Gasteiger partial charge is 0.379 e. The number of benzene rings is 2. The van der Waals surface area contributed by atoms with Crippen molar-refractivity contribution in [3.63, 3.8) is 0 Å². The van der Waals surface area contributed by atoms with Crippen molar-refractivity contribution in [1.29, 1.82) is 0 Å². The molecule has 1 amide bonds. The van der Waals surface area contributed by atoms with Gasteiger partial charge in [-0.05, 0) is 31.0 Å². The van der Waals surface area contributed by atoms with Crippen LogP contribution in [0.15, 0.2) is 54.6 Å². The normalized spacial score (nSPS) is 18.0. The Hall–Kier alpha value is -1.92. The first-order valence-corrected chi connectivity index (χ1v) is 10.6. The van der Waals surface area contributed by atoms with E-state index in [1.165, 1.54) is 5.56 Å². The predicted molar refractivity (Wildman–Crippen MR) is 117 cm³/mol. The summed E-state index contributed by atoms with van der Waals surface area (Å²) in [5.41, 5.74) is 2.20. The summed E-state index contributed by atoms with van der Waals surface area (Å²) in [4.78, 5) is 15.0. The van der Waals surface area contributed by atoms with Gasteiger partial charge in [-0.2, -0.15) is 0 Å². The molecule has 0 unspecified atom stereocenters. The van der Waals surface area contributed by atoms with Crippen LogP contribution in [-0.4, -0.2) is 49.7 Å². The summed E-state index contributed by atoms with van der Waals surface area (Å²) in [5.74, 6) is -0.0226. The Balaban J connectivity index is 1.60. The van der Waals surface area contributed by atoms with Crippen LogP contribution in [0.5, 0.6) is 0 Å². The average molecular weight is 416 g/mol. The fourth-order valence-corrected chi connectivity index (χ4v) is 4.19. The highest BCUT2D eigenvalue weighted by Crippen LogP contribution is 2.25. The monoisotopic (exact) mass is 415 g/mol. The van der Waals surface area contributed by atoms with Crippen molar-refractivity contribution < 1.29 is 9.53 Å². The quantitative estimate of drug-likeness (QED) is 0.692. The van der Waals surface area contributed by atoms with Gasteiger partial charge in [0.1, 0.15) is 0 Å². The van der Waals surface area contributed by atoms with Gasteiger partial charge in [-0.15, -0.1) is 0 Å². The molecule has 29 heavy (non-hydrogen) atoms. The molecule has 1 saturated heterocycles. The molecular weight excluding hydrogens is 386 g/mol. The molecule has 1 fully saturated rings. The van der Waals surface area contributed by atoms with Crippen molar-refractivity contribution in [3.05, 3.63) is 70.7 Å². The second kappa shape index (κ2) is 10.7. The average Bonchev–Trinajstić information content (AvgIpc) is 2.74. The van der Waals surface area contributed by atoms with Crippen LogP contribution in [-0.2, 0) is 9.53 Å². The molecule has 2 N–H and O–H groups in total. The van der Waals surface area contributed by atoms with E-state index < -0.39 is 0 Å². The first-order chi connectivity index (χ1) is 14.1. The molecule has 0 saturated carbocycles. The lowest BCUT2D eigenvalue weighted by atomic mass is 9.98. The number of nitrogens with one attached hydrogen (secondary N) is 2. The van der Waals surface area contributed by atoms with Crippen LogP contribution in [0.4, 0.5) is 0 Å². The fraction of sp³-hybridized carbons (Fsp3) is 0.435. The zero-order chi connectivity index (χ0) is 20.6. The first-order valence-electron chi connectivity index (χ1n) is 10.2. The highest BCUT2D eigenvalue weighted by atomic mass is 35.5.